The van der Waals surface area contributed by atoms with Crippen molar-refractivity contribution in [3.8, 4) is 0 Å². The first-order valence-corrected chi connectivity index (χ1v) is 5.68. The Morgan fingerprint density at radius 1 is 1.53 bits per heavy atom. The molecule has 0 aliphatic carbocycles. The van der Waals surface area contributed by atoms with Gasteiger partial charge in [-0.05, 0) is 19.3 Å². The van der Waals surface area contributed by atoms with E-state index in [1.54, 1.807) is 6.92 Å². The SMILES string of the molecule is CC(C)CC1CNC(=O)CN1CC(C)O. The highest BCUT2D eigenvalue weighted by molar-refractivity contribution is 5.78. The second-order valence-electron chi connectivity index (χ2n) is 4.87. The molecule has 1 aliphatic rings. The van der Waals surface area contributed by atoms with E-state index in [0.29, 0.717) is 31.6 Å². The highest BCUT2D eigenvalue weighted by Crippen LogP contribution is 2.14. The van der Waals surface area contributed by atoms with Crippen LogP contribution in [0.25, 0.3) is 0 Å². The van der Waals surface area contributed by atoms with E-state index >= 15 is 0 Å². The summed E-state index contributed by atoms with van der Waals surface area (Å²) in [5, 5.41) is 12.2. The number of carbonyl (C=O) groups excluding carboxylic acids is 1. The average Bonchev–Trinajstić information content (AvgIpc) is 2.08. The topological polar surface area (TPSA) is 52.6 Å². The van der Waals surface area contributed by atoms with Crippen LogP contribution in [0, 0.1) is 5.92 Å². The molecule has 0 bridgehead atoms. The largest absolute Gasteiger partial charge is 0.392 e. The van der Waals surface area contributed by atoms with Crippen LogP contribution in [0.5, 0.6) is 0 Å². The molecule has 0 aromatic carbocycles. The lowest BCUT2D eigenvalue weighted by Gasteiger charge is -2.37. The molecule has 0 radical (unpaired) electrons. The van der Waals surface area contributed by atoms with Crippen LogP contribution in [0.3, 0.4) is 0 Å². The maximum absolute atomic E-state index is 11.3. The zero-order chi connectivity index (χ0) is 11.4. The molecule has 4 nitrogen and oxygen atoms in total. The number of aliphatic hydroxyl groups excluding tert-OH is 1. The number of piperazine rings is 1. The van der Waals surface area contributed by atoms with Crippen LogP contribution >= 0.6 is 0 Å². The quantitative estimate of drug-likeness (QED) is 0.703. The average molecular weight is 214 g/mol. The van der Waals surface area contributed by atoms with E-state index in [2.05, 4.69) is 24.1 Å². The zero-order valence-electron chi connectivity index (χ0n) is 9.86. The van der Waals surface area contributed by atoms with Gasteiger partial charge in [-0.3, -0.25) is 9.69 Å². The standard InChI is InChI=1S/C11H22N2O2/c1-8(2)4-10-5-12-11(15)7-13(10)6-9(3)14/h8-10,14H,4-7H2,1-3H3,(H,12,15). The second kappa shape index (κ2) is 5.47. The summed E-state index contributed by atoms with van der Waals surface area (Å²) in [6.07, 6.45) is 0.693. The monoisotopic (exact) mass is 214 g/mol. The van der Waals surface area contributed by atoms with E-state index in [1.165, 1.54) is 0 Å². The fraction of sp³-hybridized carbons (Fsp3) is 0.909. The van der Waals surface area contributed by atoms with Crippen molar-refractivity contribution in [2.24, 2.45) is 5.92 Å². The number of hydrogen-bond acceptors (Lipinski definition) is 3. The Balaban J connectivity index is 2.53. The molecule has 0 aromatic rings. The highest BCUT2D eigenvalue weighted by atomic mass is 16.3. The Morgan fingerprint density at radius 2 is 2.20 bits per heavy atom. The summed E-state index contributed by atoms with van der Waals surface area (Å²) in [5.74, 6) is 0.678. The van der Waals surface area contributed by atoms with Gasteiger partial charge in [0.15, 0.2) is 0 Å². The van der Waals surface area contributed by atoms with Gasteiger partial charge in [-0.2, -0.15) is 0 Å². The summed E-state index contributed by atoms with van der Waals surface area (Å²) in [4.78, 5) is 13.3. The van der Waals surface area contributed by atoms with Crippen molar-refractivity contribution < 1.29 is 9.90 Å². The van der Waals surface area contributed by atoms with Crippen molar-refractivity contribution >= 4 is 5.91 Å². The Bertz CT molecular complexity index is 217. The number of nitrogens with one attached hydrogen (secondary N) is 1. The maximum atomic E-state index is 11.3. The Labute approximate surface area is 91.6 Å². The molecule has 1 heterocycles. The Hall–Kier alpha value is -0.610. The first-order valence-electron chi connectivity index (χ1n) is 5.68. The van der Waals surface area contributed by atoms with Crippen molar-refractivity contribution in [2.45, 2.75) is 39.3 Å². The highest BCUT2D eigenvalue weighted by Gasteiger charge is 2.27. The van der Waals surface area contributed by atoms with Crippen LogP contribution in [0.15, 0.2) is 0 Å². The molecule has 1 saturated heterocycles. The molecular formula is C11H22N2O2. The third-order valence-corrected chi connectivity index (χ3v) is 2.64. The minimum Gasteiger partial charge on any atom is -0.392 e. The summed E-state index contributed by atoms with van der Waals surface area (Å²) < 4.78 is 0. The van der Waals surface area contributed by atoms with Gasteiger partial charge >= 0.3 is 0 Å². The number of hydrogen-bond donors (Lipinski definition) is 2. The fourth-order valence-corrected chi connectivity index (χ4v) is 2.06. The van der Waals surface area contributed by atoms with Gasteiger partial charge in [0, 0.05) is 19.1 Å². The number of aliphatic hydroxyl groups is 1. The van der Waals surface area contributed by atoms with E-state index in [-0.39, 0.29) is 12.0 Å². The Morgan fingerprint density at radius 3 is 2.73 bits per heavy atom. The van der Waals surface area contributed by atoms with Crippen LogP contribution in [0.2, 0.25) is 0 Å². The zero-order valence-corrected chi connectivity index (χ0v) is 9.86. The predicted molar refractivity (Wildman–Crippen MR) is 59.5 cm³/mol. The lowest BCUT2D eigenvalue weighted by Crippen LogP contribution is -2.56. The molecule has 2 atom stereocenters. The molecule has 1 rings (SSSR count). The molecule has 2 unspecified atom stereocenters. The lowest BCUT2D eigenvalue weighted by atomic mass is 10.0. The summed E-state index contributed by atoms with van der Waals surface area (Å²) in [5.41, 5.74) is 0. The van der Waals surface area contributed by atoms with Crippen molar-refractivity contribution in [1.82, 2.24) is 10.2 Å². The lowest BCUT2D eigenvalue weighted by molar-refractivity contribution is -0.126. The number of rotatable bonds is 4. The molecule has 1 amide bonds. The van der Waals surface area contributed by atoms with Crippen LogP contribution in [-0.4, -0.2) is 47.7 Å². The third-order valence-electron chi connectivity index (χ3n) is 2.64. The van der Waals surface area contributed by atoms with Crippen LogP contribution < -0.4 is 5.32 Å². The van der Waals surface area contributed by atoms with E-state index < -0.39 is 0 Å². The second-order valence-corrected chi connectivity index (χ2v) is 4.87. The molecule has 0 saturated carbocycles. The number of nitrogens with zero attached hydrogens (tertiary/aromatic N) is 1. The van der Waals surface area contributed by atoms with Gasteiger partial charge in [-0.1, -0.05) is 13.8 Å². The molecule has 2 N–H and O–H groups in total. The summed E-state index contributed by atoms with van der Waals surface area (Å²) in [6.45, 7) is 7.84. The minimum atomic E-state index is -0.370. The smallest absolute Gasteiger partial charge is 0.234 e. The van der Waals surface area contributed by atoms with E-state index in [0.717, 1.165) is 6.42 Å². The van der Waals surface area contributed by atoms with Crippen LogP contribution in [0.1, 0.15) is 27.2 Å². The van der Waals surface area contributed by atoms with Crippen molar-refractivity contribution in [1.29, 1.82) is 0 Å². The van der Waals surface area contributed by atoms with Crippen molar-refractivity contribution in [3.63, 3.8) is 0 Å². The van der Waals surface area contributed by atoms with Gasteiger partial charge in [0.05, 0.1) is 12.6 Å². The molecule has 0 spiro atoms. The van der Waals surface area contributed by atoms with Crippen molar-refractivity contribution in [3.05, 3.63) is 0 Å². The van der Waals surface area contributed by atoms with E-state index in [9.17, 15) is 9.90 Å². The normalized spacial score (nSPS) is 25.4. The van der Waals surface area contributed by atoms with Gasteiger partial charge in [-0.15, -0.1) is 0 Å². The van der Waals surface area contributed by atoms with Gasteiger partial charge < -0.3 is 10.4 Å². The van der Waals surface area contributed by atoms with Crippen LogP contribution in [0.4, 0.5) is 0 Å². The molecule has 1 aliphatic heterocycles. The van der Waals surface area contributed by atoms with E-state index in [4.69, 9.17) is 0 Å². The number of carbonyl (C=O) groups is 1. The van der Waals surface area contributed by atoms with Crippen LogP contribution in [-0.2, 0) is 4.79 Å². The van der Waals surface area contributed by atoms with Gasteiger partial charge in [0.2, 0.25) is 5.91 Å². The number of amides is 1. The molecule has 4 heteroatoms. The van der Waals surface area contributed by atoms with Crippen molar-refractivity contribution in [2.75, 3.05) is 19.6 Å². The molecular weight excluding hydrogens is 192 g/mol. The molecule has 15 heavy (non-hydrogen) atoms. The van der Waals surface area contributed by atoms with Gasteiger partial charge in [0.25, 0.3) is 0 Å². The van der Waals surface area contributed by atoms with E-state index in [1.807, 2.05) is 0 Å². The maximum Gasteiger partial charge on any atom is 0.234 e. The molecule has 0 aromatic heterocycles. The predicted octanol–water partition coefficient (Wildman–Crippen LogP) is 0.214. The Kier molecular flexibility index (Phi) is 4.54. The fourth-order valence-electron chi connectivity index (χ4n) is 2.06. The van der Waals surface area contributed by atoms with Gasteiger partial charge in [0.1, 0.15) is 0 Å². The molecule has 1 fully saturated rings. The first kappa shape index (κ1) is 12.5. The summed E-state index contributed by atoms with van der Waals surface area (Å²) >= 11 is 0. The third kappa shape index (κ3) is 4.18. The molecule has 88 valence electrons. The van der Waals surface area contributed by atoms with Gasteiger partial charge in [-0.25, -0.2) is 0 Å². The minimum absolute atomic E-state index is 0.0654. The number of β-amino-alcohol motifs (C(OH)–C–C–N with tert-alkyl or cyclic N) is 1. The summed E-state index contributed by atoms with van der Waals surface area (Å²) in [7, 11) is 0. The summed E-state index contributed by atoms with van der Waals surface area (Å²) in [6, 6.07) is 0.372. The first-order chi connectivity index (χ1) is 6.99.